The molecule has 2 aromatic rings. The van der Waals surface area contributed by atoms with E-state index in [0.29, 0.717) is 17.6 Å². The second kappa shape index (κ2) is 5.93. The lowest BCUT2D eigenvalue weighted by molar-refractivity contribution is -0.138. The fourth-order valence-corrected chi connectivity index (χ4v) is 2.44. The molecule has 138 valence electrons. The minimum Gasteiger partial charge on any atom is -0.321 e. The van der Waals surface area contributed by atoms with E-state index in [0.717, 1.165) is 0 Å². The van der Waals surface area contributed by atoms with Crippen molar-refractivity contribution in [2.24, 2.45) is 0 Å². The first-order valence-corrected chi connectivity index (χ1v) is 7.86. The van der Waals surface area contributed by atoms with Crippen LogP contribution in [0.15, 0.2) is 12.4 Å². The van der Waals surface area contributed by atoms with Crippen LogP contribution in [0.5, 0.6) is 0 Å². The van der Waals surface area contributed by atoms with Crippen molar-refractivity contribution in [2.45, 2.75) is 51.0 Å². The average molecular weight is 368 g/mol. The van der Waals surface area contributed by atoms with Crippen LogP contribution in [-0.4, -0.2) is 25.9 Å². The molecule has 0 saturated heterocycles. The highest BCUT2D eigenvalue weighted by Crippen LogP contribution is 2.47. The lowest BCUT2D eigenvalue weighted by Crippen LogP contribution is -2.24. The Labute approximate surface area is 146 Å². The van der Waals surface area contributed by atoms with Gasteiger partial charge in [-0.3, -0.25) is 4.68 Å². The molecule has 0 unspecified atom stereocenters. The minimum absolute atomic E-state index is 0.0207. The van der Waals surface area contributed by atoms with Crippen molar-refractivity contribution in [2.75, 3.05) is 5.32 Å². The van der Waals surface area contributed by atoms with Crippen LogP contribution in [0.2, 0.25) is 0 Å². The molecule has 6 nitrogen and oxygen atoms in total. The summed E-state index contributed by atoms with van der Waals surface area (Å²) in [5.41, 5.74) is -1.29. The Hall–Kier alpha value is -2.70. The maximum Gasteiger partial charge on any atom is 0.419 e. The summed E-state index contributed by atoms with van der Waals surface area (Å²) in [5.74, 6) is -0.943. The van der Waals surface area contributed by atoms with Gasteiger partial charge in [0.25, 0.3) is 0 Å². The van der Waals surface area contributed by atoms with E-state index in [2.05, 4.69) is 26.5 Å². The van der Waals surface area contributed by atoms with Crippen molar-refractivity contribution in [1.29, 1.82) is 5.26 Å². The summed E-state index contributed by atoms with van der Waals surface area (Å²) in [7, 11) is 0. The largest absolute Gasteiger partial charge is 0.419 e. The van der Waals surface area contributed by atoms with Crippen molar-refractivity contribution in [3.8, 4) is 6.07 Å². The summed E-state index contributed by atoms with van der Waals surface area (Å²) in [6.07, 6.45) is -3.73. The summed E-state index contributed by atoms with van der Waals surface area (Å²) in [6, 6.07) is 2.10. The number of halogens is 4. The molecule has 3 rings (SSSR count). The number of alkyl halides is 4. The van der Waals surface area contributed by atoms with Crippen molar-refractivity contribution in [3.63, 3.8) is 0 Å². The highest BCUT2D eigenvalue weighted by Gasteiger charge is 2.46. The van der Waals surface area contributed by atoms with Crippen molar-refractivity contribution in [3.05, 3.63) is 29.3 Å². The molecule has 1 N–H and O–H groups in total. The first kappa shape index (κ1) is 18.1. The Morgan fingerprint density at radius 3 is 2.54 bits per heavy atom. The van der Waals surface area contributed by atoms with E-state index in [4.69, 9.17) is 0 Å². The van der Waals surface area contributed by atoms with Gasteiger partial charge in [-0.2, -0.15) is 23.5 Å². The Balaban J connectivity index is 1.93. The summed E-state index contributed by atoms with van der Waals surface area (Å²) >= 11 is 0. The number of aromatic nitrogens is 4. The van der Waals surface area contributed by atoms with E-state index in [1.54, 1.807) is 27.0 Å². The first-order chi connectivity index (χ1) is 12.0. The van der Waals surface area contributed by atoms with Gasteiger partial charge in [0.1, 0.15) is 11.7 Å². The molecular formula is C16H16F4N6. The third kappa shape index (κ3) is 3.34. The monoisotopic (exact) mass is 368 g/mol. The molecule has 0 amide bonds. The molecule has 2 aromatic heterocycles. The Kier molecular flexibility index (Phi) is 4.13. The van der Waals surface area contributed by atoms with Gasteiger partial charge in [-0.25, -0.2) is 14.4 Å². The molecule has 1 aliphatic rings. The van der Waals surface area contributed by atoms with Gasteiger partial charge in [0, 0.05) is 12.1 Å². The molecule has 0 bridgehead atoms. The van der Waals surface area contributed by atoms with E-state index >= 15 is 0 Å². The first-order valence-electron chi connectivity index (χ1n) is 7.86. The quantitative estimate of drug-likeness (QED) is 0.830. The second-order valence-corrected chi connectivity index (χ2v) is 6.72. The van der Waals surface area contributed by atoms with Crippen LogP contribution in [0.3, 0.4) is 0 Å². The van der Waals surface area contributed by atoms with Crippen molar-refractivity contribution < 1.29 is 17.6 Å². The van der Waals surface area contributed by atoms with Crippen LogP contribution < -0.4 is 5.32 Å². The number of hydrogen-bond acceptors (Lipinski definition) is 5. The number of aryl methyl sites for hydroxylation is 1. The SMILES string of the molecule is Cc1nn(C(C)(C)C#N)cc1Nc1ncc(C(F)(F)F)c([C@H]2C[C@H]2F)n1. The van der Waals surface area contributed by atoms with Crippen LogP contribution in [0.25, 0.3) is 0 Å². The number of rotatable bonds is 4. The van der Waals surface area contributed by atoms with E-state index in [-0.39, 0.29) is 18.1 Å². The van der Waals surface area contributed by atoms with Crippen LogP contribution in [0.1, 0.15) is 43.1 Å². The summed E-state index contributed by atoms with van der Waals surface area (Å²) in [5, 5.41) is 16.2. The second-order valence-electron chi connectivity index (χ2n) is 6.72. The maximum atomic E-state index is 13.3. The zero-order valence-electron chi connectivity index (χ0n) is 14.3. The molecule has 0 aromatic carbocycles. The molecule has 2 atom stereocenters. The van der Waals surface area contributed by atoms with Gasteiger partial charge in [-0.1, -0.05) is 0 Å². The van der Waals surface area contributed by atoms with Gasteiger partial charge >= 0.3 is 6.18 Å². The number of nitrogens with one attached hydrogen (secondary N) is 1. The smallest absolute Gasteiger partial charge is 0.321 e. The molecule has 0 aliphatic heterocycles. The Morgan fingerprint density at radius 1 is 1.35 bits per heavy atom. The van der Waals surface area contributed by atoms with Gasteiger partial charge in [0.2, 0.25) is 5.95 Å². The van der Waals surface area contributed by atoms with Gasteiger partial charge in [-0.05, 0) is 27.2 Å². The molecule has 2 heterocycles. The van der Waals surface area contributed by atoms with Gasteiger partial charge in [0.15, 0.2) is 0 Å². The lowest BCUT2D eigenvalue weighted by atomic mass is 10.1. The summed E-state index contributed by atoms with van der Waals surface area (Å²) in [4.78, 5) is 7.60. The average Bonchev–Trinajstić information content (AvgIpc) is 3.17. The summed E-state index contributed by atoms with van der Waals surface area (Å²) in [6.45, 7) is 5.02. The third-order valence-electron chi connectivity index (χ3n) is 4.18. The van der Waals surface area contributed by atoms with Crippen LogP contribution in [0, 0.1) is 18.3 Å². The molecule has 1 aliphatic carbocycles. The topological polar surface area (TPSA) is 79.4 Å². The van der Waals surface area contributed by atoms with E-state index in [9.17, 15) is 22.8 Å². The molecule has 0 radical (unpaired) electrons. The Morgan fingerprint density at radius 2 is 2.00 bits per heavy atom. The highest BCUT2D eigenvalue weighted by molar-refractivity contribution is 5.55. The normalized spacial score (nSPS) is 19.9. The molecule has 1 saturated carbocycles. The van der Waals surface area contributed by atoms with Crippen molar-refractivity contribution in [1.82, 2.24) is 19.7 Å². The maximum absolute atomic E-state index is 13.3. The van der Waals surface area contributed by atoms with E-state index < -0.39 is 29.4 Å². The number of nitriles is 1. The number of nitrogens with zero attached hydrogens (tertiary/aromatic N) is 5. The number of hydrogen-bond donors (Lipinski definition) is 1. The van der Waals surface area contributed by atoms with Crippen LogP contribution >= 0.6 is 0 Å². The summed E-state index contributed by atoms with van der Waals surface area (Å²) < 4.78 is 54.1. The van der Waals surface area contributed by atoms with E-state index in [1.807, 2.05) is 0 Å². The van der Waals surface area contributed by atoms with Crippen LogP contribution in [0.4, 0.5) is 29.2 Å². The molecule has 0 spiro atoms. The zero-order valence-corrected chi connectivity index (χ0v) is 14.3. The lowest BCUT2D eigenvalue weighted by Gasteiger charge is -2.15. The van der Waals surface area contributed by atoms with Gasteiger partial charge < -0.3 is 5.32 Å². The fourth-order valence-electron chi connectivity index (χ4n) is 2.44. The van der Waals surface area contributed by atoms with Gasteiger partial charge in [-0.15, -0.1) is 0 Å². The molecular weight excluding hydrogens is 352 g/mol. The van der Waals surface area contributed by atoms with Crippen LogP contribution in [-0.2, 0) is 11.7 Å². The minimum atomic E-state index is -4.65. The fraction of sp³-hybridized carbons (Fsp3) is 0.500. The predicted molar refractivity (Wildman–Crippen MR) is 84.5 cm³/mol. The third-order valence-corrected chi connectivity index (χ3v) is 4.18. The molecule has 1 fully saturated rings. The highest BCUT2D eigenvalue weighted by atomic mass is 19.4. The standard InChI is InChI=1S/C16H16F4N6/c1-8-12(6-26(25-8)15(2,3)7-21)23-14-22-5-10(16(18,19)20)13(24-14)9-4-11(9)17/h5-6,9,11H,4H2,1-3H3,(H,22,23,24)/t9-,11+/m0/s1. The van der Waals surface area contributed by atoms with Crippen molar-refractivity contribution >= 4 is 11.6 Å². The Bertz CT molecular complexity index is 880. The van der Waals surface area contributed by atoms with E-state index in [1.165, 1.54) is 4.68 Å². The molecule has 26 heavy (non-hydrogen) atoms. The van der Waals surface area contributed by atoms with Gasteiger partial charge in [0.05, 0.1) is 34.9 Å². The number of anilines is 2. The molecule has 10 heteroatoms. The zero-order chi connectivity index (χ0) is 19.3. The predicted octanol–water partition coefficient (Wildman–Crippen LogP) is 3.83.